The molecule has 3 N–H and O–H groups in total. The second-order valence-corrected chi connectivity index (χ2v) is 4.42. The van der Waals surface area contributed by atoms with Crippen LogP contribution >= 0.6 is 11.6 Å². The van der Waals surface area contributed by atoms with Crippen molar-refractivity contribution in [2.24, 2.45) is 5.73 Å². The van der Waals surface area contributed by atoms with Gasteiger partial charge in [-0.05, 0) is 13.8 Å². The standard InChI is InChI=1S/C10H13ClN6O/c1-5(3-7(12)18)15-9-6(2)8(11)16-10-13-4-14-17(9)10/h4-5,15H,3H2,1-2H3,(H2,12,18). The van der Waals surface area contributed by atoms with Crippen LogP contribution in [0.4, 0.5) is 5.82 Å². The number of carbonyl (C=O) groups is 1. The van der Waals surface area contributed by atoms with Gasteiger partial charge >= 0.3 is 0 Å². The molecule has 0 saturated heterocycles. The molecular formula is C10H13ClN6O. The number of hydrogen-bond acceptors (Lipinski definition) is 5. The maximum Gasteiger partial charge on any atom is 0.255 e. The Morgan fingerprint density at radius 2 is 2.39 bits per heavy atom. The highest BCUT2D eigenvalue weighted by atomic mass is 35.5. The molecule has 96 valence electrons. The van der Waals surface area contributed by atoms with Crippen molar-refractivity contribution in [3.05, 3.63) is 17.0 Å². The Bertz CT molecular complexity index is 595. The van der Waals surface area contributed by atoms with E-state index in [0.29, 0.717) is 16.7 Å². The molecule has 2 aromatic heterocycles. The second kappa shape index (κ2) is 4.77. The Balaban J connectivity index is 2.39. The van der Waals surface area contributed by atoms with E-state index in [9.17, 15) is 4.79 Å². The largest absolute Gasteiger partial charge is 0.370 e. The van der Waals surface area contributed by atoms with E-state index in [1.54, 1.807) is 4.52 Å². The zero-order valence-corrected chi connectivity index (χ0v) is 10.8. The lowest BCUT2D eigenvalue weighted by Gasteiger charge is -2.16. The van der Waals surface area contributed by atoms with Gasteiger partial charge in [0.15, 0.2) is 0 Å². The quantitative estimate of drug-likeness (QED) is 0.798. The van der Waals surface area contributed by atoms with Gasteiger partial charge in [-0.3, -0.25) is 4.79 Å². The number of hydrogen-bond donors (Lipinski definition) is 2. The van der Waals surface area contributed by atoms with Crippen molar-refractivity contribution >= 4 is 29.1 Å². The number of nitrogens with one attached hydrogen (secondary N) is 1. The Hall–Kier alpha value is -1.89. The first kappa shape index (κ1) is 12.6. The number of nitrogens with two attached hydrogens (primary N) is 1. The average Bonchev–Trinajstić information content (AvgIpc) is 2.71. The first-order valence-electron chi connectivity index (χ1n) is 5.39. The number of rotatable bonds is 4. The Kier molecular flexibility index (Phi) is 3.33. The van der Waals surface area contributed by atoms with Crippen LogP contribution in [0, 0.1) is 6.92 Å². The zero-order chi connectivity index (χ0) is 13.3. The van der Waals surface area contributed by atoms with Gasteiger partial charge in [-0.2, -0.15) is 19.6 Å². The minimum absolute atomic E-state index is 0.132. The molecule has 0 aromatic carbocycles. The van der Waals surface area contributed by atoms with Gasteiger partial charge < -0.3 is 11.1 Å². The van der Waals surface area contributed by atoms with Crippen molar-refractivity contribution < 1.29 is 4.79 Å². The third kappa shape index (κ3) is 2.35. The molecule has 2 aromatic rings. The maximum absolute atomic E-state index is 10.9. The van der Waals surface area contributed by atoms with Gasteiger partial charge in [0.25, 0.3) is 5.78 Å². The summed E-state index contributed by atoms with van der Waals surface area (Å²) >= 11 is 6.02. The lowest BCUT2D eigenvalue weighted by Crippen LogP contribution is -2.25. The van der Waals surface area contributed by atoms with Crippen molar-refractivity contribution in [3.8, 4) is 0 Å². The third-order valence-corrected chi connectivity index (χ3v) is 2.86. The molecule has 1 atom stereocenters. The maximum atomic E-state index is 10.9. The molecular weight excluding hydrogens is 256 g/mol. The van der Waals surface area contributed by atoms with E-state index in [1.165, 1.54) is 6.33 Å². The summed E-state index contributed by atoms with van der Waals surface area (Å²) in [4.78, 5) is 18.9. The normalized spacial score (nSPS) is 12.6. The average molecular weight is 269 g/mol. The summed E-state index contributed by atoms with van der Waals surface area (Å²) < 4.78 is 1.54. The topological polar surface area (TPSA) is 98.2 Å². The van der Waals surface area contributed by atoms with E-state index in [-0.39, 0.29) is 18.4 Å². The first-order valence-corrected chi connectivity index (χ1v) is 5.77. The molecule has 0 saturated carbocycles. The molecule has 7 nitrogen and oxygen atoms in total. The van der Waals surface area contributed by atoms with Crippen LogP contribution in [0.25, 0.3) is 5.78 Å². The summed E-state index contributed by atoms with van der Waals surface area (Å²) in [5.41, 5.74) is 5.90. The molecule has 0 aliphatic rings. The molecule has 2 rings (SSSR count). The third-order valence-electron chi connectivity index (χ3n) is 2.49. The van der Waals surface area contributed by atoms with Crippen LogP contribution in [0.15, 0.2) is 6.33 Å². The Morgan fingerprint density at radius 1 is 1.67 bits per heavy atom. The monoisotopic (exact) mass is 268 g/mol. The highest BCUT2D eigenvalue weighted by molar-refractivity contribution is 6.30. The minimum atomic E-state index is -0.373. The highest BCUT2D eigenvalue weighted by Crippen LogP contribution is 2.22. The number of amides is 1. The molecule has 8 heteroatoms. The number of anilines is 1. The fraction of sp³-hybridized carbons (Fsp3) is 0.400. The first-order chi connectivity index (χ1) is 8.49. The van der Waals surface area contributed by atoms with Crippen molar-refractivity contribution in [1.82, 2.24) is 19.6 Å². The Labute approximate surface area is 108 Å². The van der Waals surface area contributed by atoms with Crippen LogP contribution in [0.5, 0.6) is 0 Å². The zero-order valence-electron chi connectivity index (χ0n) is 10.0. The van der Waals surface area contributed by atoms with Gasteiger partial charge in [-0.25, -0.2) is 0 Å². The SMILES string of the molecule is Cc1c(Cl)nc2ncnn2c1NC(C)CC(N)=O. The minimum Gasteiger partial charge on any atom is -0.370 e. The molecule has 2 heterocycles. The molecule has 1 unspecified atom stereocenters. The molecule has 0 radical (unpaired) electrons. The van der Waals surface area contributed by atoms with Crippen LogP contribution < -0.4 is 11.1 Å². The fourth-order valence-electron chi connectivity index (χ4n) is 1.65. The van der Waals surface area contributed by atoms with Crippen molar-refractivity contribution in [3.63, 3.8) is 0 Å². The highest BCUT2D eigenvalue weighted by Gasteiger charge is 2.15. The molecule has 0 bridgehead atoms. The van der Waals surface area contributed by atoms with Gasteiger partial charge in [-0.15, -0.1) is 0 Å². The summed E-state index contributed by atoms with van der Waals surface area (Å²) in [6, 6.07) is -0.132. The molecule has 0 aliphatic carbocycles. The van der Waals surface area contributed by atoms with Gasteiger partial charge in [0, 0.05) is 18.0 Å². The number of halogens is 1. The lowest BCUT2D eigenvalue weighted by molar-refractivity contribution is -0.118. The molecule has 18 heavy (non-hydrogen) atoms. The number of carbonyl (C=O) groups excluding carboxylic acids is 1. The van der Waals surface area contributed by atoms with Crippen molar-refractivity contribution in [2.75, 3.05) is 5.32 Å². The molecule has 0 spiro atoms. The number of nitrogens with zero attached hydrogens (tertiary/aromatic N) is 4. The van der Waals surface area contributed by atoms with Crippen molar-refractivity contribution in [1.29, 1.82) is 0 Å². The summed E-state index contributed by atoms with van der Waals surface area (Å²) in [6.45, 7) is 3.66. The summed E-state index contributed by atoms with van der Waals surface area (Å²) in [5, 5.41) is 7.56. The van der Waals surface area contributed by atoms with Gasteiger partial charge in [0.1, 0.15) is 17.3 Å². The van der Waals surface area contributed by atoms with Crippen molar-refractivity contribution in [2.45, 2.75) is 26.3 Å². The number of aromatic nitrogens is 4. The molecule has 1 amide bonds. The summed E-state index contributed by atoms with van der Waals surface area (Å²) in [5.74, 6) is 0.693. The number of fused-ring (bicyclic) bond motifs is 1. The summed E-state index contributed by atoms with van der Waals surface area (Å²) in [6.07, 6.45) is 1.61. The predicted octanol–water partition coefficient (Wildman–Crippen LogP) is 0.762. The van der Waals surface area contributed by atoms with E-state index in [0.717, 1.165) is 5.56 Å². The molecule has 0 fully saturated rings. The van der Waals surface area contributed by atoms with E-state index < -0.39 is 0 Å². The van der Waals surface area contributed by atoms with E-state index >= 15 is 0 Å². The number of primary amides is 1. The predicted molar refractivity (Wildman–Crippen MR) is 67.4 cm³/mol. The second-order valence-electron chi connectivity index (χ2n) is 4.06. The Morgan fingerprint density at radius 3 is 3.06 bits per heavy atom. The van der Waals surface area contributed by atoms with Crippen LogP contribution in [0.1, 0.15) is 18.9 Å². The van der Waals surface area contributed by atoms with Gasteiger partial charge in [0.05, 0.1) is 0 Å². The van der Waals surface area contributed by atoms with Crippen LogP contribution in [-0.4, -0.2) is 31.5 Å². The lowest BCUT2D eigenvalue weighted by atomic mass is 10.2. The smallest absolute Gasteiger partial charge is 0.255 e. The van der Waals surface area contributed by atoms with Crippen LogP contribution in [0.2, 0.25) is 5.15 Å². The van der Waals surface area contributed by atoms with E-state index in [4.69, 9.17) is 17.3 Å². The van der Waals surface area contributed by atoms with Gasteiger partial charge in [0.2, 0.25) is 5.91 Å². The van der Waals surface area contributed by atoms with Crippen LogP contribution in [-0.2, 0) is 4.79 Å². The van der Waals surface area contributed by atoms with E-state index in [1.807, 2.05) is 13.8 Å². The fourth-order valence-corrected chi connectivity index (χ4v) is 1.82. The van der Waals surface area contributed by atoms with Crippen LogP contribution in [0.3, 0.4) is 0 Å². The van der Waals surface area contributed by atoms with E-state index in [2.05, 4.69) is 20.4 Å². The van der Waals surface area contributed by atoms with Gasteiger partial charge in [-0.1, -0.05) is 11.6 Å². The summed E-state index contributed by atoms with van der Waals surface area (Å²) in [7, 11) is 0. The molecule has 0 aliphatic heterocycles.